The van der Waals surface area contributed by atoms with Gasteiger partial charge in [-0.3, -0.25) is 4.99 Å². The Bertz CT molecular complexity index is 451. The fourth-order valence-corrected chi connectivity index (χ4v) is 3.14. The third-order valence-corrected chi connectivity index (χ3v) is 4.26. The molecule has 98 valence electrons. The zero-order chi connectivity index (χ0) is 13.0. The molecule has 0 aliphatic carbocycles. The van der Waals surface area contributed by atoms with Crippen molar-refractivity contribution in [3.63, 3.8) is 0 Å². The smallest absolute Gasteiger partial charge is 0.157 e. The van der Waals surface area contributed by atoms with Gasteiger partial charge in [0.2, 0.25) is 0 Å². The molecule has 2 nitrogen and oxygen atoms in total. The number of rotatable bonds is 4. The maximum absolute atomic E-state index is 13.0. The van der Waals surface area contributed by atoms with E-state index in [1.165, 1.54) is 18.9 Å². The van der Waals surface area contributed by atoms with E-state index >= 15 is 0 Å². The van der Waals surface area contributed by atoms with Crippen LogP contribution in [0.1, 0.15) is 25.3 Å². The fraction of sp³-hybridized carbons (Fsp3) is 0.462. The first-order valence-corrected chi connectivity index (χ1v) is 7.33. The van der Waals surface area contributed by atoms with E-state index in [-0.39, 0.29) is 10.8 Å². The van der Waals surface area contributed by atoms with Crippen LogP contribution >= 0.6 is 23.4 Å². The summed E-state index contributed by atoms with van der Waals surface area (Å²) >= 11 is 7.53. The molecule has 5 heteroatoms. The number of nitrogens with one attached hydrogen (secondary N) is 1. The summed E-state index contributed by atoms with van der Waals surface area (Å²) in [5.74, 6) is -0.379. The minimum atomic E-state index is -0.379. The zero-order valence-electron chi connectivity index (χ0n) is 10.2. The predicted molar refractivity (Wildman–Crippen MR) is 76.8 cm³/mol. The van der Waals surface area contributed by atoms with E-state index in [4.69, 9.17) is 11.6 Å². The van der Waals surface area contributed by atoms with E-state index in [1.54, 1.807) is 23.9 Å². The lowest BCUT2D eigenvalue weighted by Crippen LogP contribution is -2.18. The Balaban J connectivity index is 1.83. The molecule has 1 aromatic rings. The van der Waals surface area contributed by atoms with Crippen LogP contribution in [-0.4, -0.2) is 17.0 Å². The molecule has 1 aliphatic rings. The standard InChI is InChI=1S/C13H16ClFN2S/c1-2-3-10-8-17-13(18-10)16-7-9-4-5-12(15)11(14)6-9/h4-6,10H,2-3,7-8H2,1H3,(H,16,17). The number of hydrogen-bond acceptors (Lipinski definition) is 3. The lowest BCUT2D eigenvalue weighted by atomic mass is 10.2. The van der Waals surface area contributed by atoms with Crippen molar-refractivity contribution >= 4 is 28.5 Å². The molecular weight excluding hydrogens is 271 g/mol. The lowest BCUT2D eigenvalue weighted by Gasteiger charge is -2.08. The van der Waals surface area contributed by atoms with Gasteiger partial charge in [0.25, 0.3) is 0 Å². The number of amidine groups is 1. The summed E-state index contributed by atoms with van der Waals surface area (Å²) in [6.07, 6.45) is 2.38. The van der Waals surface area contributed by atoms with Crippen LogP contribution in [0.25, 0.3) is 0 Å². The van der Waals surface area contributed by atoms with Gasteiger partial charge in [-0.1, -0.05) is 42.8 Å². The highest BCUT2D eigenvalue weighted by molar-refractivity contribution is 8.14. The van der Waals surface area contributed by atoms with Crippen LogP contribution in [0.15, 0.2) is 23.2 Å². The van der Waals surface area contributed by atoms with Crippen LogP contribution in [0.4, 0.5) is 4.39 Å². The molecule has 0 bridgehead atoms. The Labute approximate surface area is 116 Å². The maximum atomic E-state index is 13.0. The first-order valence-electron chi connectivity index (χ1n) is 6.08. The van der Waals surface area contributed by atoms with Gasteiger partial charge in [0.15, 0.2) is 5.17 Å². The molecule has 0 spiro atoms. The highest BCUT2D eigenvalue weighted by Gasteiger charge is 2.18. The Hall–Kier alpha value is -0.740. The normalized spacial score (nSPS) is 18.8. The molecule has 18 heavy (non-hydrogen) atoms. The molecule has 0 fully saturated rings. The van der Waals surface area contributed by atoms with Gasteiger partial charge in [0, 0.05) is 11.8 Å². The lowest BCUT2D eigenvalue weighted by molar-refractivity contribution is 0.627. The number of hydrogen-bond donors (Lipinski definition) is 1. The van der Waals surface area contributed by atoms with E-state index in [2.05, 4.69) is 17.2 Å². The Morgan fingerprint density at radius 2 is 2.39 bits per heavy atom. The second-order valence-corrected chi connectivity index (χ2v) is 5.97. The molecule has 1 unspecified atom stereocenters. The summed E-state index contributed by atoms with van der Waals surface area (Å²) < 4.78 is 13.0. The first kappa shape index (κ1) is 13.7. The number of nitrogens with zero attached hydrogens (tertiary/aromatic N) is 1. The third kappa shape index (κ3) is 3.62. The second kappa shape index (κ2) is 6.43. The van der Waals surface area contributed by atoms with Crippen molar-refractivity contribution < 1.29 is 4.39 Å². The monoisotopic (exact) mass is 286 g/mol. The molecular formula is C13H16ClFN2S. The topological polar surface area (TPSA) is 24.4 Å². The molecule has 0 radical (unpaired) electrons. The van der Waals surface area contributed by atoms with Gasteiger partial charge < -0.3 is 5.32 Å². The molecule has 1 atom stereocenters. The van der Waals surface area contributed by atoms with Crippen molar-refractivity contribution in [3.8, 4) is 0 Å². The van der Waals surface area contributed by atoms with Crippen molar-refractivity contribution in [2.24, 2.45) is 4.99 Å². The van der Waals surface area contributed by atoms with Crippen molar-refractivity contribution in [1.82, 2.24) is 5.32 Å². The number of aliphatic imine (C=N–C) groups is 1. The van der Waals surface area contributed by atoms with Gasteiger partial charge in [-0.25, -0.2) is 4.39 Å². The van der Waals surface area contributed by atoms with Crippen molar-refractivity contribution in [1.29, 1.82) is 0 Å². The van der Waals surface area contributed by atoms with Crippen LogP contribution in [0.3, 0.4) is 0 Å². The predicted octanol–water partition coefficient (Wildman–Crippen LogP) is 3.84. The number of thioether (sulfide) groups is 1. The van der Waals surface area contributed by atoms with Gasteiger partial charge >= 0.3 is 0 Å². The molecule has 0 saturated carbocycles. The van der Waals surface area contributed by atoms with Gasteiger partial charge in [0.1, 0.15) is 5.82 Å². The molecule has 0 aromatic heterocycles. The van der Waals surface area contributed by atoms with Gasteiger partial charge in [0.05, 0.1) is 11.6 Å². The Morgan fingerprint density at radius 1 is 1.56 bits per heavy atom. The van der Waals surface area contributed by atoms with Gasteiger partial charge in [-0.15, -0.1) is 0 Å². The van der Waals surface area contributed by atoms with Gasteiger partial charge in [-0.05, 0) is 24.1 Å². The van der Waals surface area contributed by atoms with Crippen molar-refractivity contribution in [2.75, 3.05) is 6.54 Å². The average molecular weight is 287 g/mol. The second-order valence-electron chi connectivity index (χ2n) is 4.28. The summed E-state index contributed by atoms with van der Waals surface area (Å²) in [6.45, 7) is 3.71. The Kier molecular flexibility index (Phi) is 4.89. The van der Waals surface area contributed by atoms with E-state index in [1.807, 2.05) is 0 Å². The number of halogens is 2. The van der Waals surface area contributed by atoms with E-state index in [0.29, 0.717) is 11.8 Å². The molecule has 0 amide bonds. The summed E-state index contributed by atoms with van der Waals surface area (Å²) in [5.41, 5.74) is 0.962. The van der Waals surface area contributed by atoms with Crippen LogP contribution in [0.5, 0.6) is 0 Å². The summed E-state index contributed by atoms with van der Waals surface area (Å²) in [5, 5.41) is 5.02. The van der Waals surface area contributed by atoms with Crippen LogP contribution in [0, 0.1) is 5.82 Å². The summed E-state index contributed by atoms with van der Waals surface area (Å²) in [4.78, 5) is 4.45. The molecule has 0 saturated heterocycles. The van der Waals surface area contributed by atoms with Crippen LogP contribution in [-0.2, 0) is 6.54 Å². The van der Waals surface area contributed by atoms with Crippen molar-refractivity contribution in [3.05, 3.63) is 34.6 Å². The fourth-order valence-electron chi connectivity index (χ4n) is 1.81. The quantitative estimate of drug-likeness (QED) is 0.909. The van der Waals surface area contributed by atoms with Gasteiger partial charge in [-0.2, -0.15) is 0 Å². The van der Waals surface area contributed by atoms with E-state index in [0.717, 1.165) is 17.3 Å². The number of benzene rings is 1. The maximum Gasteiger partial charge on any atom is 0.157 e. The summed E-state index contributed by atoms with van der Waals surface area (Å²) in [7, 11) is 0. The van der Waals surface area contributed by atoms with E-state index < -0.39 is 0 Å². The molecule has 1 aliphatic heterocycles. The average Bonchev–Trinajstić information content (AvgIpc) is 2.79. The molecule has 1 aromatic carbocycles. The highest BCUT2D eigenvalue weighted by Crippen LogP contribution is 2.24. The first-order chi connectivity index (χ1) is 8.69. The SMILES string of the molecule is CCCC1CN=C(NCc2ccc(F)c(Cl)c2)S1. The largest absolute Gasteiger partial charge is 0.361 e. The van der Waals surface area contributed by atoms with Crippen LogP contribution in [0.2, 0.25) is 5.02 Å². The summed E-state index contributed by atoms with van der Waals surface area (Å²) in [6, 6.07) is 4.77. The minimum Gasteiger partial charge on any atom is -0.361 e. The highest BCUT2D eigenvalue weighted by atomic mass is 35.5. The minimum absolute atomic E-state index is 0.166. The molecule has 1 heterocycles. The third-order valence-electron chi connectivity index (χ3n) is 2.76. The molecule has 1 N–H and O–H groups in total. The molecule has 2 rings (SSSR count). The zero-order valence-corrected chi connectivity index (χ0v) is 11.8. The van der Waals surface area contributed by atoms with E-state index in [9.17, 15) is 4.39 Å². The van der Waals surface area contributed by atoms with Crippen LogP contribution < -0.4 is 5.32 Å². The van der Waals surface area contributed by atoms with Crippen molar-refractivity contribution in [2.45, 2.75) is 31.6 Å². The Morgan fingerprint density at radius 3 is 3.11 bits per heavy atom.